The van der Waals surface area contributed by atoms with E-state index in [1.807, 2.05) is 47.8 Å². The topological polar surface area (TPSA) is 89.6 Å². The Bertz CT molecular complexity index is 1190. The molecule has 1 aromatic heterocycles. The fraction of sp³-hybridized carbons (Fsp3) is 0.346. The second kappa shape index (κ2) is 10.3. The number of nitrogens with one attached hydrogen (secondary N) is 2. The van der Waals surface area contributed by atoms with E-state index in [2.05, 4.69) is 29.5 Å². The normalized spacial score (nSPS) is 15.7. The van der Waals surface area contributed by atoms with E-state index >= 15 is 0 Å². The van der Waals surface area contributed by atoms with Crippen LogP contribution in [0.25, 0.3) is 11.3 Å². The molecule has 0 saturated carbocycles. The first kappa shape index (κ1) is 23.8. The lowest BCUT2D eigenvalue weighted by atomic mass is 9.97. The van der Waals surface area contributed by atoms with Crippen LogP contribution in [0.2, 0.25) is 0 Å². The van der Waals surface area contributed by atoms with Gasteiger partial charge in [-0.2, -0.15) is 0 Å². The minimum atomic E-state index is -0.674. The number of para-hydroxylation sites is 1. The number of nitrogens with zero attached hydrogens (tertiary/aromatic N) is 1. The van der Waals surface area contributed by atoms with Crippen LogP contribution in [0.3, 0.4) is 0 Å². The van der Waals surface area contributed by atoms with Crippen LogP contribution in [0, 0.1) is 0 Å². The van der Waals surface area contributed by atoms with Crippen molar-refractivity contribution in [1.82, 2.24) is 10.3 Å². The molecule has 0 radical (unpaired) electrons. The number of thiazole rings is 1. The van der Waals surface area contributed by atoms with Crippen LogP contribution in [0.1, 0.15) is 57.2 Å². The fourth-order valence-electron chi connectivity index (χ4n) is 3.93. The number of anilines is 1. The van der Waals surface area contributed by atoms with Crippen molar-refractivity contribution in [3.8, 4) is 22.8 Å². The molecule has 2 N–H and O–H groups in total. The van der Waals surface area contributed by atoms with Crippen molar-refractivity contribution in [2.45, 2.75) is 52.2 Å². The number of hydrogen-bond donors (Lipinski definition) is 2. The van der Waals surface area contributed by atoms with Gasteiger partial charge < -0.3 is 14.8 Å². The molecule has 178 valence electrons. The number of rotatable bonds is 7. The summed E-state index contributed by atoms with van der Waals surface area (Å²) in [5.41, 5.74) is 3.64. The maximum atomic E-state index is 12.8. The van der Waals surface area contributed by atoms with Crippen LogP contribution in [0.5, 0.6) is 11.5 Å². The summed E-state index contributed by atoms with van der Waals surface area (Å²) in [7, 11) is 0. The molecule has 2 aromatic carbocycles. The zero-order valence-electron chi connectivity index (χ0n) is 19.8. The molecular weight excluding hydrogens is 450 g/mol. The van der Waals surface area contributed by atoms with Crippen LogP contribution in [0.15, 0.2) is 47.8 Å². The molecule has 2 amide bonds. The van der Waals surface area contributed by atoms with E-state index in [9.17, 15) is 9.59 Å². The molecule has 0 aliphatic carbocycles. The van der Waals surface area contributed by atoms with E-state index in [4.69, 9.17) is 9.47 Å². The molecule has 4 rings (SSSR count). The quantitative estimate of drug-likeness (QED) is 0.480. The summed E-state index contributed by atoms with van der Waals surface area (Å²) in [5.74, 6) is 1.44. The summed E-state index contributed by atoms with van der Waals surface area (Å²) >= 11 is 1.35. The third kappa shape index (κ3) is 5.39. The Morgan fingerprint density at radius 2 is 1.97 bits per heavy atom. The van der Waals surface area contributed by atoms with Crippen LogP contribution >= 0.6 is 11.3 Å². The predicted octanol–water partition coefficient (Wildman–Crippen LogP) is 5.30. The van der Waals surface area contributed by atoms with Crippen molar-refractivity contribution < 1.29 is 19.1 Å². The lowest BCUT2D eigenvalue weighted by Gasteiger charge is -2.26. The average Bonchev–Trinajstić information content (AvgIpc) is 3.27. The Balaban J connectivity index is 1.46. The minimum Gasteiger partial charge on any atom is -0.493 e. The molecule has 3 aromatic rings. The molecule has 2 unspecified atom stereocenters. The lowest BCUT2D eigenvalue weighted by Crippen LogP contribution is -2.30. The van der Waals surface area contributed by atoms with Gasteiger partial charge in [0.15, 0.2) is 11.2 Å². The van der Waals surface area contributed by atoms with Gasteiger partial charge in [0.1, 0.15) is 11.5 Å². The summed E-state index contributed by atoms with van der Waals surface area (Å²) in [6.07, 6.45) is 0.0400. The van der Waals surface area contributed by atoms with Gasteiger partial charge in [0.25, 0.3) is 5.91 Å². The Labute approximate surface area is 203 Å². The first-order valence-electron chi connectivity index (χ1n) is 11.4. The summed E-state index contributed by atoms with van der Waals surface area (Å²) in [6, 6.07) is 13.5. The number of ether oxygens (including phenoxy) is 2. The van der Waals surface area contributed by atoms with E-state index in [0.29, 0.717) is 29.8 Å². The van der Waals surface area contributed by atoms with Gasteiger partial charge in [0.2, 0.25) is 5.91 Å². The van der Waals surface area contributed by atoms with E-state index in [0.717, 1.165) is 28.1 Å². The van der Waals surface area contributed by atoms with Crippen LogP contribution in [-0.4, -0.2) is 29.5 Å². The number of benzene rings is 2. The molecular formula is C26H29N3O4S. The molecule has 8 heteroatoms. The van der Waals surface area contributed by atoms with E-state index in [-0.39, 0.29) is 17.9 Å². The average molecular weight is 480 g/mol. The first-order chi connectivity index (χ1) is 16.3. The summed E-state index contributed by atoms with van der Waals surface area (Å²) in [6.45, 7) is 7.99. The number of fused-ring (bicyclic) bond motifs is 1. The van der Waals surface area contributed by atoms with Gasteiger partial charge in [0.05, 0.1) is 18.3 Å². The number of carbonyl (C=O) groups excluding carboxylic acids is 2. The number of carbonyl (C=O) groups is 2. The van der Waals surface area contributed by atoms with Crippen molar-refractivity contribution >= 4 is 28.3 Å². The Morgan fingerprint density at radius 3 is 2.74 bits per heavy atom. The highest BCUT2D eigenvalue weighted by molar-refractivity contribution is 7.14. The molecule has 34 heavy (non-hydrogen) atoms. The highest BCUT2D eigenvalue weighted by atomic mass is 32.1. The highest BCUT2D eigenvalue weighted by Gasteiger charge is 2.23. The number of aromatic nitrogens is 1. The third-order valence-corrected chi connectivity index (χ3v) is 6.43. The van der Waals surface area contributed by atoms with Gasteiger partial charge in [-0.1, -0.05) is 32.0 Å². The molecule has 0 spiro atoms. The molecule has 1 aliphatic heterocycles. The Morgan fingerprint density at radius 1 is 1.18 bits per heavy atom. The summed E-state index contributed by atoms with van der Waals surface area (Å²) in [4.78, 5) is 28.9. The van der Waals surface area contributed by atoms with Crippen molar-refractivity contribution in [2.24, 2.45) is 0 Å². The zero-order chi connectivity index (χ0) is 24.2. The van der Waals surface area contributed by atoms with Gasteiger partial charge in [0, 0.05) is 29.9 Å². The second-order valence-electron chi connectivity index (χ2n) is 8.62. The first-order valence-corrected chi connectivity index (χ1v) is 12.3. The Hall–Kier alpha value is -3.39. The molecule has 2 atom stereocenters. The molecule has 0 fully saturated rings. The number of hydrogen-bond acceptors (Lipinski definition) is 6. The maximum absolute atomic E-state index is 12.8. The van der Waals surface area contributed by atoms with Gasteiger partial charge >= 0.3 is 0 Å². The highest BCUT2D eigenvalue weighted by Crippen LogP contribution is 2.36. The van der Waals surface area contributed by atoms with Crippen molar-refractivity contribution in [1.29, 1.82) is 0 Å². The van der Waals surface area contributed by atoms with Crippen molar-refractivity contribution in [3.63, 3.8) is 0 Å². The standard InChI is InChI=1S/C26H29N3O4S/c1-15(2)19-7-5-6-8-24(19)33-16(3)25(31)29-26-28-22(14-34-26)18-9-10-23-20(13-18)21(11-12-32-23)27-17(4)30/h5-10,13-16,21H,11-12H2,1-4H3,(H,27,30)(H,28,29,31). The zero-order valence-corrected chi connectivity index (χ0v) is 20.6. The van der Waals surface area contributed by atoms with E-state index in [1.54, 1.807) is 6.92 Å². The van der Waals surface area contributed by atoms with Crippen molar-refractivity contribution in [3.05, 3.63) is 59.0 Å². The monoisotopic (exact) mass is 479 g/mol. The molecule has 0 saturated heterocycles. The third-order valence-electron chi connectivity index (χ3n) is 5.67. The molecule has 0 bridgehead atoms. The van der Waals surface area contributed by atoms with Gasteiger partial charge in [-0.15, -0.1) is 11.3 Å². The van der Waals surface area contributed by atoms with Crippen molar-refractivity contribution in [2.75, 3.05) is 11.9 Å². The smallest absolute Gasteiger partial charge is 0.266 e. The van der Waals surface area contributed by atoms with Gasteiger partial charge in [-0.25, -0.2) is 4.98 Å². The molecule has 7 nitrogen and oxygen atoms in total. The Kier molecular flexibility index (Phi) is 7.17. The minimum absolute atomic E-state index is 0.0748. The fourth-order valence-corrected chi connectivity index (χ4v) is 4.65. The van der Waals surface area contributed by atoms with Crippen LogP contribution in [-0.2, 0) is 9.59 Å². The van der Waals surface area contributed by atoms with Gasteiger partial charge in [-0.05, 0) is 42.7 Å². The van der Waals surface area contributed by atoms with E-state index < -0.39 is 6.10 Å². The van der Waals surface area contributed by atoms with Crippen LogP contribution in [0.4, 0.5) is 5.13 Å². The molecule has 1 aliphatic rings. The summed E-state index contributed by atoms with van der Waals surface area (Å²) in [5, 5.41) is 8.24. The predicted molar refractivity (Wildman–Crippen MR) is 133 cm³/mol. The van der Waals surface area contributed by atoms with Gasteiger partial charge in [-0.3, -0.25) is 14.9 Å². The molecule has 2 heterocycles. The second-order valence-corrected chi connectivity index (χ2v) is 9.48. The van der Waals surface area contributed by atoms with Crippen LogP contribution < -0.4 is 20.1 Å². The lowest BCUT2D eigenvalue weighted by molar-refractivity contribution is -0.122. The maximum Gasteiger partial charge on any atom is 0.266 e. The largest absolute Gasteiger partial charge is 0.493 e. The SMILES string of the molecule is CC(=O)NC1CCOc2ccc(-c3csc(NC(=O)C(C)Oc4ccccc4C(C)C)n3)cc21. The summed E-state index contributed by atoms with van der Waals surface area (Å²) < 4.78 is 11.7. The van der Waals surface area contributed by atoms with E-state index in [1.165, 1.54) is 18.3 Å². The number of amides is 2.